The molecule has 2 atom stereocenters. The Morgan fingerprint density at radius 3 is 2.58 bits per heavy atom. The van der Waals surface area contributed by atoms with Crippen LogP contribution in [0.1, 0.15) is 12.5 Å². The summed E-state index contributed by atoms with van der Waals surface area (Å²) in [5.74, 6) is 0. The second kappa shape index (κ2) is 5.91. The van der Waals surface area contributed by atoms with Gasteiger partial charge in [-0.1, -0.05) is 33.6 Å². The summed E-state index contributed by atoms with van der Waals surface area (Å²) in [6.45, 7) is 4.63. The minimum Gasteiger partial charge on any atom is -0.374 e. The third-order valence-electron chi connectivity index (χ3n) is 3.25. The average Bonchev–Trinajstić information content (AvgIpc) is 2.39. The van der Waals surface area contributed by atoms with Gasteiger partial charge in [0.15, 0.2) is 0 Å². The fourth-order valence-corrected chi connectivity index (χ4v) is 4.11. The van der Waals surface area contributed by atoms with Gasteiger partial charge >= 0.3 is 0 Å². The van der Waals surface area contributed by atoms with E-state index in [4.69, 9.17) is 4.74 Å². The van der Waals surface area contributed by atoms with Crippen LogP contribution in [0, 0.1) is 6.92 Å². The van der Waals surface area contributed by atoms with Gasteiger partial charge in [0.25, 0.3) is 0 Å². The van der Waals surface area contributed by atoms with Crippen LogP contribution in [-0.4, -0.2) is 43.4 Å². The summed E-state index contributed by atoms with van der Waals surface area (Å²) < 4.78 is 32.4. The molecule has 1 saturated heterocycles. The van der Waals surface area contributed by atoms with Gasteiger partial charge < -0.3 is 4.74 Å². The summed E-state index contributed by atoms with van der Waals surface area (Å²) in [7, 11) is -3.44. The molecule has 0 N–H and O–H groups in total. The highest BCUT2D eigenvalue weighted by molar-refractivity contribution is 9.09. The van der Waals surface area contributed by atoms with Gasteiger partial charge in [0.2, 0.25) is 10.0 Å². The molecule has 0 saturated carbocycles. The van der Waals surface area contributed by atoms with E-state index in [9.17, 15) is 8.42 Å². The number of aryl methyl sites for hydroxylation is 1. The van der Waals surface area contributed by atoms with Crippen molar-refractivity contribution in [3.63, 3.8) is 0 Å². The Morgan fingerprint density at radius 1 is 1.37 bits per heavy atom. The van der Waals surface area contributed by atoms with Gasteiger partial charge in [-0.3, -0.25) is 0 Å². The number of rotatable bonds is 3. The number of benzene rings is 1. The number of alkyl halides is 1. The molecule has 0 radical (unpaired) electrons. The lowest BCUT2D eigenvalue weighted by atomic mass is 10.2. The Bertz CT molecular complexity index is 529. The first-order valence-corrected chi connectivity index (χ1v) is 8.77. The second-order valence-electron chi connectivity index (χ2n) is 4.85. The first-order valence-electron chi connectivity index (χ1n) is 6.21. The van der Waals surface area contributed by atoms with E-state index >= 15 is 0 Å². The van der Waals surface area contributed by atoms with E-state index in [1.54, 1.807) is 12.1 Å². The van der Waals surface area contributed by atoms with Gasteiger partial charge in [-0.05, 0) is 26.0 Å². The molecule has 1 heterocycles. The fourth-order valence-electron chi connectivity index (χ4n) is 2.07. The van der Waals surface area contributed by atoms with Crippen molar-refractivity contribution in [3.8, 4) is 0 Å². The molecule has 1 aliphatic heterocycles. The molecule has 1 fully saturated rings. The quantitative estimate of drug-likeness (QED) is 0.787. The Labute approximate surface area is 122 Å². The van der Waals surface area contributed by atoms with Crippen LogP contribution in [0.2, 0.25) is 0 Å². The molecule has 1 aromatic carbocycles. The fraction of sp³-hybridized carbons (Fsp3) is 0.538. The molecule has 0 aliphatic carbocycles. The van der Waals surface area contributed by atoms with Crippen molar-refractivity contribution in [3.05, 3.63) is 29.8 Å². The molecular formula is C13H18BrNO3S. The predicted molar refractivity (Wildman–Crippen MR) is 78.1 cm³/mol. The van der Waals surface area contributed by atoms with Crippen LogP contribution in [0.3, 0.4) is 0 Å². The predicted octanol–water partition coefficient (Wildman–Crippen LogP) is 2.17. The molecule has 1 aliphatic rings. The summed E-state index contributed by atoms with van der Waals surface area (Å²) >= 11 is 3.34. The maximum atomic E-state index is 12.6. The van der Waals surface area contributed by atoms with Crippen LogP contribution in [0.4, 0.5) is 0 Å². The Balaban J connectivity index is 2.29. The minimum atomic E-state index is -3.44. The molecule has 4 nitrogen and oxygen atoms in total. The van der Waals surface area contributed by atoms with Gasteiger partial charge in [0, 0.05) is 17.9 Å². The highest BCUT2D eigenvalue weighted by Crippen LogP contribution is 2.23. The lowest BCUT2D eigenvalue weighted by Gasteiger charge is -2.36. The first kappa shape index (κ1) is 15.0. The highest BCUT2D eigenvalue weighted by atomic mass is 79.9. The zero-order valence-electron chi connectivity index (χ0n) is 11.0. The average molecular weight is 348 g/mol. The van der Waals surface area contributed by atoms with Crippen molar-refractivity contribution < 1.29 is 13.2 Å². The third kappa shape index (κ3) is 3.18. The Morgan fingerprint density at radius 2 is 2.00 bits per heavy atom. The SMILES string of the molecule is Cc1ccc(S(=O)(=O)N2CC(CBr)OCC2C)cc1. The number of hydrogen-bond acceptors (Lipinski definition) is 3. The number of hydrogen-bond donors (Lipinski definition) is 0. The lowest BCUT2D eigenvalue weighted by Crippen LogP contribution is -2.51. The summed E-state index contributed by atoms with van der Waals surface area (Å²) in [5.41, 5.74) is 1.05. The molecule has 6 heteroatoms. The van der Waals surface area contributed by atoms with E-state index in [0.29, 0.717) is 23.4 Å². The van der Waals surface area contributed by atoms with Crippen LogP contribution in [0.25, 0.3) is 0 Å². The number of halogens is 1. The zero-order chi connectivity index (χ0) is 14.0. The monoisotopic (exact) mass is 347 g/mol. The zero-order valence-corrected chi connectivity index (χ0v) is 13.4. The van der Waals surface area contributed by atoms with E-state index in [2.05, 4.69) is 15.9 Å². The van der Waals surface area contributed by atoms with Crippen LogP contribution in [-0.2, 0) is 14.8 Å². The van der Waals surface area contributed by atoms with Gasteiger partial charge in [0.1, 0.15) is 0 Å². The minimum absolute atomic E-state index is 0.0866. The summed E-state index contributed by atoms with van der Waals surface area (Å²) in [5, 5.41) is 0.639. The van der Waals surface area contributed by atoms with Crippen LogP contribution >= 0.6 is 15.9 Å². The summed E-state index contributed by atoms with van der Waals surface area (Å²) in [6.07, 6.45) is -0.0866. The normalized spacial score (nSPS) is 25.4. The first-order chi connectivity index (χ1) is 8.95. The van der Waals surface area contributed by atoms with Crippen LogP contribution in [0.15, 0.2) is 29.2 Å². The topological polar surface area (TPSA) is 46.6 Å². The van der Waals surface area contributed by atoms with Crippen molar-refractivity contribution in [2.24, 2.45) is 0 Å². The number of ether oxygens (including phenoxy) is 1. The number of morpholine rings is 1. The molecule has 0 spiro atoms. The lowest BCUT2D eigenvalue weighted by molar-refractivity contribution is -0.0139. The molecule has 106 valence electrons. The largest absolute Gasteiger partial charge is 0.374 e. The Hall–Kier alpha value is -0.430. The molecule has 2 unspecified atom stereocenters. The number of nitrogens with zero attached hydrogens (tertiary/aromatic N) is 1. The molecule has 0 amide bonds. The molecule has 0 aromatic heterocycles. The molecule has 1 aromatic rings. The van der Waals surface area contributed by atoms with E-state index < -0.39 is 10.0 Å². The van der Waals surface area contributed by atoms with E-state index in [0.717, 1.165) is 5.56 Å². The van der Waals surface area contributed by atoms with E-state index in [1.807, 2.05) is 26.0 Å². The van der Waals surface area contributed by atoms with Crippen molar-refractivity contribution >= 4 is 26.0 Å². The maximum Gasteiger partial charge on any atom is 0.243 e. The van der Waals surface area contributed by atoms with E-state index in [1.165, 1.54) is 4.31 Å². The Kier molecular flexibility index (Phi) is 4.66. The summed E-state index contributed by atoms with van der Waals surface area (Å²) in [6, 6.07) is 6.83. The van der Waals surface area contributed by atoms with Gasteiger partial charge in [-0.25, -0.2) is 8.42 Å². The van der Waals surface area contributed by atoms with E-state index in [-0.39, 0.29) is 12.1 Å². The maximum absolute atomic E-state index is 12.6. The number of sulfonamides is 1. The standard InChI is InChI=1S/C13H18BrNO3S/c1-10-3-5-13(6-4-10)19(16,17)15-8-12(7-14)18-9-11(15)2/h3-6,11-12H,7-9H2,1-2H3. The van der Waals surface area contributed by atoms with Gasteiger partial charge in [-0.2, -0.15) is 4.31 Å². The smallest absolute Gasteiger partial charge is 0.243 e. The summed E-state index contributed by atoms with van der Waals surface area (Å²) in [4.78, 5) is 0.347. The molecular weight excluding hydrogens is 330 g/mol. The van der Waals surface area contributed by atoms with Crippen molar-refractivity contribution in [2.75, 3.05) is 18.5 Å². The van der Waals surface area contributed by atoms with Crippen molar-refractivity contribution in [1.29, 1.82) is 0 Å². The van der Waals surface area contributed by atoms with Crippen LogP contribution in [0.5, 0.6) is 0 Å². The molecule has 19 heavy (non-hydrogen) atoms. The molecule has 0 bridgehead atoms. The van der Waals surface area contributed by atoms with Crippen LogP contribution < -0.4 is 0 Å². The van der Waals surface area contributed by atoms with Crippen molar-refractivity contribution in [1.82, 2.24) is 4.31 Å². The molecule has 2 rings (SSSR count). The highest BCUT2D eigenvalue weighted by Gasteiger charge is 2.35. The second-order valence-corrected chi connectivity index (χ2v) is 7.38. The van der Waals surface area contributed by atoms with Gasteiger partial charge in [-0.15, -0.1) is 0 Å². The van der Waals surface area contributed by atoms with Crippen molar-refractivity contribution in [2.45, 2.75) is 30.9 Å². The van der Waals surface area contributed by atoms with Gasteiger partial charge in [0.05, 0.1) is 17.6 Å². The third-order valence-corrected chi connectivity index (χ3v) is 5.96.